The molecule has 0 saturated heterocycles. The van der Waals surface area contributed by atoms with E-state index in [9.17, 15) is 4.79 Å². The highest BCUT2D eigenvalue weighted by molar-refractivity contribution is 5.85. The molecule has 0 aromatic heterocycles. The first kappa shape index (κ1) is 15.8. The third-order valence-electron chi connectivity index (χ3n) is 4.44. The van der Waals surface area contributed by atoms with E-state index < -0.39 is 0 Å². The zero-order valence-electron chi connectivity index (χ0n) is 11.2. The monoisotopic (exact) mass is 274 g/mol. The van der Waals surface area contributed by atoms with E-state index in [1.807, 2.05) is 0 Å². The second-order valence-electron chi connectivity index (χ2n) is 5.98. The average molecular weight is 275 g/mol. The van der Waals surface area contributed by atoms with Crippen molar-refractivity contribution in [3.8, 4) is 0 Å². The zero-order chi connectivity index (χ0) is 12.1. The van der Waals surface area contributed by atoms with Gasteiger partial charge < -0.3 is 11.1 Å². The van der Waals surface area contributed by atoms with Crippen molar-refractivity contribution in [2.75, 3.05) is 6.54 Å². The molecule has 2 rings (SSSR count). The predicted octanol–water partition coefficient (Wildman–Crippen LogP) is 2.77. The smallest absolute Gasteiger partial charge is 0.223 e. The summed E-state index contributed by atoms with van der Waals surface area (Å²) in [5.41, 5.74) is 6.20. The maximum absolute atomic E-state index is 12.0. The summed E-state index contributed by atoms with van der Waals surface area (Å²) in [6, 6.07) is 0. The van der Waals surface area contributed by atoms with Gasteiger partial charge in [0.1, 0.15) is 0 Å². The summed E-state index contributed by atoms with van der Waals surface area (Å²) < 4.78 is 0. The molecule has 0 spiro atoms. The molecule has 106 valence electrons. The second-order valence-corrected chi connectivity index (χ2v) is 5.98. The minimum Gasteiger partial charge on any atom is -0.354 e. The Hall–Kier alpha value is -0.280. The van der Waals surface area contributed by atoms with Crippen LogP contribution in [0.25, 0.3) is 0 Å². The maximum atomic E-state index is 12.0. The lowest BCUT2D eigenvalue weighted by Gasteiger charge is -2.34. The van der Waals surface area contributed by atoms with Crippen LogP contribution >= 0.6 is 12.4 Å². The third kappa shape index (κ3) is 4.43. The Balaban J connectivity index is 0.00000162. The quantitative estimate of drug-likeness (QED) is 0.831. The van der Waals surface area contributed by atoms with Crippen LogP contribution < -0.4 is 11.1 Å². The van der Waals surface area contributed by atoms with E-state index >= 15 is 0 Å². The standard InChI is InChI=1S/C14H26N2O.ClH/c15-14(9-5-2-6-10-14)11-16-13(17)12-7-3-1-4-8-12;/h12H,1-11,15H2,(H,16,17);1H. The molecule has 0 unspecified atom stereocenters. The van der Waals surface area contributed by atoms with Gasteiger partial charge in [0.25, 0.3) is 0 Å². The molecular formula is C14H27ClN2O. The van der Waals surface area contributed by atoms with Gasteiger partial charge in [-0.25, -0.2) is 0 Å². The molecule has 1 amide bonds. The van der Waals surface area contributed by atoms with Gasteiger partial charge in [-0.3, -0.25) is 4.79 Å². The van der Waals surface area contributed by atoms with Crippen molar-refractivity contribution in [2.24, 2.45) is 11.7 Å². The van der Waals surface area contributed by atoms with Gasteiger partial charge in [-0.15, -0.1) is 12.4 Å². The zero-order valence-corrected chi connectivity index (χ0v) is 12.1. The number of amides is 1. The number of nitrogens with one attached hydrogen (secondary N) is 1. The number of carbonyl (C=O) groups is 1. The number of carbonyl (C=O) groups excluding carboxylic acids is 1. The number of hydrogen-bond acceptors (Lipinski definition) is 2. The summed E-state index contributed by atoms with van der Waals surface area (Å²) in [6.07, 6.45) is 11.7. The third-order valence-corrected chi connectivity index (χ3v) is 4.44. The highest BCUT2D eigenvalue weighted by Crippen LogP contribution is 2.26. The maximum Gasteiger partial charge on any atom is 0.223 e. The van der Waals surface area contributed by atoms with Crippen LogP contribution in [0.2, 0.25) is 0 Å². The van der Waals surface area contributed by atoms with E-state index in [0.717, 1.165) is 25.7 Å². The van der Waals surface area contributed by atoms with Gasteiger partial charge in [0.05, 0.1) is 0 Å². The van der Waals surface area contributed by atoms with Crippen LogP contribution in [-0.4, -0.2) is 18.0 Å². The van der Waals surface area contributed by atoms with Crippen LogP contribution in [0.1, 0.15) is 64.2 Å². The van der Waals surface area contributed by atoms with Crippen LogP contribution in [0.15, 0.2) is 0 Å². The van der Waals surface area contributed by atoms with Gasteiger partial charge in [-0.1, -0.05) is 38.5 Å². The molecule has 3 nitrogen and oxygen atoms in total. The topological polar surface area (TPSA) is 55.1 Å². The lowest BCUT2D eigenvalue weighted by Crippen LogP contribution is -2.52. The number of rotatable bonds is 3. The molecule has 4 heteroatoms. The number of hydrogen-bond donors (Lipinski definition) is 2. The van der Waals surface area contributed by atoms with Crippen LogP contribution in [0.3, 0.4) is 0 Å². The van der Waals surface area contributed by atoms with Gasteiger partial charge in [0, 0.05) is 18.0 Å². The van der Waals surface area contributed by atoms with Crippen LogP contribution in [0.4, 0.5) is 0 Å². The minimum atomic E-state index is -0.122. The van der Waals surface area contributed by atoms with Gasteiger partial charge in [0.2, 0.25) is 5.91 Å². The van der Waals surface area contributed by atoms with Gasteiger partial charge in [-0.05, 0) is 25.7 Å². The Morgan fingerprint density at radius 1 is 1.06 bits per heavy atom. The lowest BCUT2D eigenvalue weighted by molar-refractivity contribution is -0.126. The van der Waals surface area contributed by atoms with E-state index in [4.69, 9.17) is 5.73 Å². The molecule has 0 heterocycles. The Morgan fingerprint density at radius 2 is 1.61 bits per heavy atom. The van der Waals surface area contributed by atoms with E-state index in [1.165, 1.54) is 38.5 Å². The van der Waals surface area contributed by atoms with Crippen molar-refractivity contribution in [1.29, 1.82) is 0 Å². The van der Waals surface area contributed by atoms with E-state index in [0.29, 0.717) is 6.54 Å². The Morgan fingerprint density at radius 3 is 2.22 bits per heavy atom. The largest absolute Gasteiger partial charge is 0.354 e. The molecule has 0 bridgehead atoms. The van der Waals surface area contributed by atoms with Crippen molar-refractivity contribution in [2.45, 2.75) is 69.7 Å². The molecule has 2 aliphatic rings. The fourth-order valence-corrected chi connectivity index (χ4v) is 3.20. The molecule has 0 aromatic rings. The van der Waals surface area contributed by atoms with E-state index in [1.54, 1.807) is 0 Å². The first-order valence-electron chi connectivity index (χ1n) is 7.26. The first-order chi connectivity index (χ1) is 8.20. The van der Waals surface area contributed by atoms with Crippen molar-refractivity contribution in [3.63, 3.8) is 0 Å². The fourth-order valence-electron chi connectivity index (χ4n) is 3.20. The van der Waals surface area contributed by atoms with Gasteiger partial charge in [0.15, 0.2) is 0 Å². The number of halogens is 1. The Bertz CT molecular complexity index is 259. The van der Waals surface area contributed by atoms with Crippen LogP contribution in [-0.2, 0) is 4.79 Å². The van der Waals surface area contributed by atoms with Gasteiger partial charge in [-0.2, -0.15) is 0 Å². The molecular weight excluding hydrogens is 248 g/mol. The molecule has 0 radical (unpaired) electrons. The van der Waals surface area contributed by atoms with Crippen LogP contribution in [0, 0.1) is 5.92 Å². The van der Waals surface area contributed by atoms with Gasteiger partial charge >= 0.3 is 0 Å². The Kier molecular flexibility index (Phi) is 6.44. The summed E-state index contributed by atoms with van der Waals surface area (Å²) in [4.78, 5) is 12.0. The molecule has 0 aliphatic heterocycles. The molecule has 0 aromatic carbocycles. The first-order valence-corrected chi connectivity index (χ1v) is 7.26. The van der Waals surface area contributed by atoms with E-state index in [-0.39, 0.29) is 29.8 Å². The summed E-state index contributed by atoms with van der Waals surface area (Å²) in [5.74, 6) is 0.510. The van der Waals surface area contributed by atoms with Crippen molar-refractivity contribution in [1.82, 2.24) is 5.32 Å². The molecule has 2 saturated carbocycles. The molecule has 2 aliphatic carbocycles. The van der Waals surface area contributed by atoms with Crippen molar-refractivity contribution >= 4 is 18.3 Å². The fraction of sp³-hybridized carbons (Fsp3) is 0.929. The average Bonchev–Trinajstić information content (AvgIpc) is 2.38. The molecule has 2 fully saturated rings. The Labute approximate surface area is 117 Å². The van der Waals surface area contributed by atoms with Crippen molar-refractivity contribution < 1.29 is 4.79 Å². The minimum absolute atomic E-state index is 0. The van der Waals surface area contributed by atoms with Crippen LogP contribution in [0.5, 0.6) is 0 Å². The SMILES string of the molecule is Cl.NC1(CNC(=O)C2CCCCC2)CCCCC1. The van der Waals surface area contributed by atoms with Crippen molar-refractivity contribution in [3.05, 3.63) is 0 Å². The molecule has 0 atom stereocenters. The highest BCUT2D eigenvalue weighted by atomic mass is 35.5. The summed E-state index contributed by atoms with van der Waals surface area (Å²) in [6.45, 7) is 0.683. The molecule has 3 N–H and O–H groups in total. The summed E-state index contributed by atoms with van der Waals surface area (Å²) in [7, 11) is 0. The summed E-state index contributed by atoms with van der Waals surface area (Å²) in [5, 5.41) is 3.10. The normalized spacial score (nSPS) is 24.1. The predicted molar refractivity (Wildman–Crippen MR) is 76.8 cm³/mol. The lowest BCUT2D eigenvalue weighted by atomic mass is 9.82. The highest BCUT2D eigenvalue weighted by Gasteiger charge is 2.29. The molecule has 18 heavy (non-hydrogen) atoms. The van der Waals surface area contributed by atoms with E-state index in [2.05, 4.69) is 5.32 Å². The summed E-state index contributed by atoms with van der Waals surface area (Å²) >= 11 is 0. The second kappa shape index (κ2) is 7.34. The number of nitrogens with two attached hydrogens (primary N) is 1.